The lowest BCUT2D eigenvalue weighted by molar-refractivity contribution is -0.141. The third-order valence-electron chi connectivity index (χ3n) is 1.68. The molecule has 11 heteroatoms. The van der Waals surface area contributed by atoms with Crippen LogP contribution in [0.4, 0.5) is 19.0 Å². The lowest BCUT2D eigenvalue weighted by Crippen LogP contribution is -2.23. The second-order valence-corrected chi connectivity index (χ2v) is 5.27. The highest BCUT2D eigenvalue weighted by atomic mass is 35.5. The summed E-state index contributed by atoms with van der Waals surface area (Å²) >= 11 is 5.32. The summed E-state index contributed by atoms with van der Waals surface area (Å²) in [6.07, 6.45) is -4.66. The van der Waals surface area contributed by atoms with Gasteiger partial charge in [0.2, 0.25) is 15.3 Å². The lowest BCUT2D eigenvalue weighted by Gasteiger charge is -2.09. The number of nitrogens with two attached hydrogens (primary N) is 1. The Morgan fingerprint density at radius 3 is 2.50 bits per heavy atom. The first kappa shape index (κ1) is 14.9. The van der Waals surface area contributed by atoms with E-state index in [1.54, 1.807) is 0 Å². The van der Waals surface area contributed by atoms with Crippen molar-refractivity contribution >= 4 is 27.4 Å². The van der Waals surface area contributed by atoms with Gasteiger partial charge in [-0.05, 0) is 11.6 Å². The maximum atomic E-state index is 12.4. The van der Waals surface area contributed by atoms with E-state index < -0.39 is 32.9 Å². The summed E-state index contributed by atoms with van der Waals surface area (Å²) in [4.78, 5) is 6.48. The maximum Gasteiger partial charge on any atom is 0.433 e. The first-order valence-electron chi connectivity index (χ1n) is 4.44. The fraction of sp³-hybridized carbons (Fsp3) is 0.429. The predicted molar refractivity (Wildman–Crippen MR) is 58.5 cm³/mol. The van der Waals surface area contributed by atoms with Crippen LogP contribution >= 0.6 is 11.6 Å². The summed E-state index contributed by atoms with van der Waals surface area (Å²) < 4.78 is 58.3. The van der Waals surface area contributed by atoms with Gasteiger partial charge in [-0.1, -0.05) is 0 Å². The Kier molecular flexibility index (Phi) is 4.35. The van der Waals surface area contributed by atoms with E-state index in [9.17, 15) is 21.6 Å². The first-order chi connectivity index (χ1) is 8.08. The Morgan fingerprint density at radius 2 is 2.00 bits per heavy atom. The van der Waals surface area contributed by atoms with Gasteiger partial charge in [0, 0.05) is 12.6 Å². The fourth-order valence-corrected chi connectivity index (χ4v) is 1.54. The number of hydrogen-bond donors (Lipinski definition) is 2. The summed E-state index contributed by atoms with van der Waals surface area (Å²) in [5, 5.41) is 6.49. The van der Waals surface area contributed by atoms with Crippen LogP contribution < -0.4 is 10.5 Å². The van der Waals surface area contributed by atoms with Gasteiger partial charge >= 0.3 is 6.18 Å². The van der Waals surface area contributed by atoms with Gasteiger partial charge in [0.25, 0.3) is 0 Å². The Labute approximate surface area is 105 Å². The highest BCUT2D eigenvalue weighted by molar-refractivity contribution is 7.89. The Balaban J connectivity index is 2.81. The van der Waals surface area contributed by atoms with Crippen LogP contribution in [-0.4, -0.2) is 30.7 Å². The molecule has 0 aliphatic rings. The molecule has 0 saturated heterocycles. The molecule has 0 aromatic carbocycles. The quantitative estimate of drug-likeness (QED) is 0.804. The average molecular weight is 305 g/mol. The number of anilines is 1. The molecule has 0 spiro atoms. The molecule has 1 heterocycles. The molecule has 1 aromatic rings. The van der Waals surface area contributed by atoms with Crippen LogP contribution in [0.1, 0.15) is 5.69 Å². The minimum atomic E-state index is -4.66. The zero-order valence-corrected chi connectivity index (χ0v) is 10.3. The molecule has 1 aromatic heterocycles. The third kappa shape index (κ3) is 5.02. The number of halogens is 4. The van der Waals surface area contributed by atoms with Gasteiger partial charge in [-0.25, -0.2) is 23.5 Å². The highest BCUT2D eigenvalue weighted by Crippen LogP contribution is 2.29. The van der Waals surface area contributed by atoms with Gasteiger partial charge in [0.15, 0.2) is 5.69 Å². The van der Waals surface area contributed by atoms with E-state index in [0.29, 0.717) is 6.07 Å². The third-order valence-corrected chi connectivity index (χ3v) is 2.62. The SMILES string of the molecule is NS(=O)(=O)CCNc1cc(C(F)(F)F)nc(Cl)n1. The van der Waals surface area contributed by atoms with E-state index in [1.807, 2.05) is 0 Å². The number of rotatable bonds is 4. The van der Waals surface area contributed by atoms with Gasteiger partial charge in [0.05, 0.1) is 5.75 Å². The van der Waals surface area contributed by atoms with Crippen LogP contribution in [0.3, 0.4) is 0 Å². The molecule has 6 nitrogen and oxygen atoms in total. The van der Waals surface area contributed by atoms with E-state index in [0.717, 1.165) is 0 Å². The molecule has 0 atom stereocenters. The molecule has 0 aliphatic heterocycles. The van der Waals surface area contributed by atoms with E-state index in [4.69, 9.17) is 16.7 Å². The van der Waals surface area contributed by atoms with Crippen LogP contribution in [0.15, 0.2) is 6.07 Å². The Bertz CT molecular complexity index is 534. The van der Waals surface area contributed by atoms with Crippen molar-refractivity contribution in [1.29, 1.82) is 0 Å². The first-order valence-corrected chi connectivity index (χ1v) is 6.53. The van der Waals surface area contributed by atoms with E-state index in [-0.39, 0.29) is 12.4 Å². The molecule has 0 bridgehead atoms. The molecular formula is C7H8ClF3N4O2S. The number of sulfonamides is 1. The molecule has 0 radical (unpaired) electrons. The fourth-order valence-electron chi connectivity index (χ4n) is 0.975. The number of primary sulfonamides is 1. The van der Waals surface area contributed by atoms with Gasteiger partial charge in [0.1, 0.15) is 5.82 Å². The molecule has 0 aliphatic carbocycles. The maximum absolute atomic E-state index is 12.4. The lowest BCUT2D eigenvalue weighted by atomic mass is 10.4. The molecule has 0 fully saturated rings. The van der Waals surface area contributed by atoms with Crippen molar-refractivity contribution in [2.24, 2.45) is 5.14 Å². The molecule has 3 N–H and O–H groups in total. The summed E-state index contributed by atoms with van der Waals surface area (Å²) in [6, 6.07) is 0.620. The van der Waals surface area contributed by atoms with Crippen LogP contribution in [0.2, 0.25) is 5.28 Å². The van der Waals surface area contributed by atoms with Crippen LogP contribution in [-0.2, 0) is 16.2 Å². The second-order valence-electron chi connectivity index (χ2n) is 3.20. The van der Waals surface area contributed by atoms with E-state index in [2.05, 4.69) is 15.3 Å². The largest absolute Gasteiger partial charge is 0.433 e. The van der Waals surface area contributed by atoms with E-state index in [1.165, 1.54) is 0 Å². The van der Waals surface area contributed by atoms with Crippen molar-refractivity contribution in [2.75, 3.05) is 17.6 Å². The summed E-state index contributed by atoms with van der Waals surface area (Å²) in [7, 11) is -3.70. The molecule has 1 rings (SSSR count). The van der Waals surface area contributed by atoms with Crippen molar-refractivity contribution in [3.8, 4) is 0 Å². The topological polar surface area (TPSA) is 98.0 Å². The van der Waals surface area contributed by atoms with Crippen molar-refractivity contribution in [3.05, 3.63) is 17.0 Å². The van der Waals surface area contributed by atoms with Crippen LogP contribution in [0.25, 0.3) is 0 Å². The number of aromatic nitrogens is 2. The van der Waals surface area contributed by atoms with E-state index >= 15 is 0 Å². The van der Waals surface area contributed by atoms with Gasteiger partial charge < -0.3 is 5.32 Å². The van der Waals surface area contributed by atoms with Gasteiger partial charge in [-0.15, -0.1) is 0 Å². The standard InChI is InChI=1S/C7H8ClF3N4O2S/c8-6-14-4(7(9,10)11)3-5(15-6)13-1-2-18(12,16)17/h3H,1-2H2,(H2,12,16,17)(H,13,14,15). The smallest absolute Gasteiger partial charge is 0.369 e. The summed E-state index contributed by atoms with van der Waals surface area (Å²) in [5.41, 5.74) is -1.22. The monoisotopic (exact) mass is 304 g/mol. The summed E-state index contributed by atoms with van der Waals surface area (Å²) in [6.45, 7) is -0.191. The van der Waals surface area contributed by atoms with Crippen LogP contribution in [0.5, 0.6) is 0 Å². The van der Waals surface area contributed by atoms with Gasteiger partial charge in [-0.3, -0.25) is 0 Å². The molecule has 102 valence electrons. The molecule has 18 heavy (non-hydrogen) atoms. The second kappa shape index (κ2) is 5.24. The molecule has 0 unspecified atom stereocenters. The Morgan fingerprint density at radius 1 is 1.39 bits per heavy atom. The number of alkyl halides is 3. The van der Waals surface area contributed by atoms with Crippen molar-refractivity contribution in [1.82, 2.24) is 9.97 Å². The molecule has 0 saturated carbocycles. The number of hydrogen-bond acceptors (Lipinski definition) is 5. The molecule has 0 amide bonds. The van der Waals surface area contributed by atoms with Crippen molar-refractivity contribution in [3.63, 3.8) is 0 Å². The van der Waals surface area contributed by atoms with Crippen molar-refractivity contribution < 1.29 is 21.6 Å². The number of nitrogens with zero attached hydrogens (tertiary/aromatic N) is 2. The van der Waals surface area contributed by atoms with Crippen LogP contribution in [0, 0.1) is 0 Å². The van der Waals surface area contributed by atoms with Gasteiger partial charge in [-0.2, -0.15) is 13.2 Å². The van der Waals surface area contributed by atoms with Crippen molar-refractivity contribution in [2.45, 2.75) is 6.18 Å². The highest BCUT2D eigenvalue weighted by Gasteiger charge is 2.33. The average Bonchev–Trinajstić information content (AvgIpc) is 2.13. The summed E-state index contributed by atoms with van der Waals surface area (Å²) in [5.74, 6) is -0.679. The molecular weight excluding hydrogens is 297 g/mol. The minimum Gasteiger partial charge on any atom is -0.369 e. The minimum absolute atomic E-state index is 0.191. The zero-order chi connectivity index (χ0) is 14.0. The normalized spacial score (nSPS) is 12.5. The zero-order valence-electron chi connectivity index (χ0n) is 8.70. The Hall–Kier alpha value is -1.13. The number of nitrogens with one attached hydrogen (secondary N) is 1. The predicted octanol–water partition coefficient (Wildman–Crippen LogP) is 0.849.